The molecule has 2 atom stereocenters. The van der Waals surface area contributed by atoms with Gasteiger partial charge < -0.3 is 11.1 Å². The first-order valence-electron chi connectivity index (χ1n) is 6.36. The number of rotatable bonds is 5. The number of aryl methyl sites for hydroxylation is 1. The zero-order valence-electron chi connectivity index (χ0n) is 11.9. The molecule has 102 valence electrons. The number of amides is 1. The molecule has 2 unspecified atom stereocenters. The molecule has 1 aromatic heterocycles. The fraction of sp³-hybridized carbons (Fsp3) is 0.692. The Morgan fingerprint density at radius 3 is 2.56 bits per heavy atom. The highest BCUT2D eigenvalue weighted by molar-refractivity contribution is 5.77. The summed E-state index contributed by atoms with van der Waals surface area (Å²) in [5.74, 6) is 0.304. The topological polar surface area (TPSA) is 72.9 Å². The first-order chi connectivity index (χ1) is 8.32. The highest BCUT2D eigenvalue weighted by Crippen LogP contribution is 2.16. The molecule has 5 nitrogen and oxygen atoms in total. The highest BCUT2D eigenvalue weighted by atomic mass is 16.1. The van der Waals surface area contributed by atoms with Crippen LogP contribution in [0.1, 0.15) is 44.5 Å². The number of hydrogen-bond donors (Lipinski definition) is 2. The average molecular weight is 252 g/mol. The first-order valence-corrected chi connectivity index (χ1v) is 6.36. The molecule has 0 aliphatic rings. The molecule has 0 bridgehead atoms. The van der Waals surface area contributed by atoms with Crippen molar-refractivity contribution in [1.82, 2.24) is 15.1 Å². The number of nitrogens with two attached hydrogens (primary N) is 1. The maximum atomic E-state index is 11.8. The molecule has 0 fully saturated rings. The van der Waals surface area contributed by atoms with Crippen molar-refractivity contribution in [3.05, 3.63) is 17.5 Å². The van der Waals surface area contributed by atoms with Crippen molar-refractivity contribution in [2.45, 2.75) is 46.2 Å². The summed E-state index contributed by atoms with van der Waals surface area (Å²) in [7, 11) is 1.89. The van der Waals surface area contributed by atoms with E-state index in [0.717, 1.165) is 11.3 Å². The molecule has 0 radical (unpaired) electrons. The van der Waals surface area contributed by atoms with Gasteiger partial charge in [0.25, 0.3) is 0 Å². The zero-order chi connectivity index (χ0) is 13.9. The minimum atomic E-state index is -0.0906. The largest absolute Gasteiger partial charge is 0.349 e. The van der Waals surface area contributed by atoms with Gasteiger partial charge in [-0.05, 0) is 19.8 Å². The van der Waals surface area contributed by atoms with E-state index in [-0.39, 0.29) is 18.0 Å². The maximum Gasteiger partial charge on any atom is 0.222 e. The quantitative estimate of drug-likeness (QED) is 0.829. The minimum Gasteiger partial charge on any atom is -0.349 e. The van der Waals surface area contributed by atoms with Gasteiger partial charge in [0.15, 0.2) is 0 Å². The molecule has 5 heteroatoms. The van der Waals surface area contributed by atoms with Crippen molar-refractivity contribution in [3.8, 4) is 0 Å². The van der Waals surface area contributed by atoms with Crippen LogP contribution in [0.2, 0.25) is 0 Å². The van der Waals surface area contributed by atoms with E-state index in [9.17, 15) is 4.79 Å². The van der Waals surface area contributed by atoms with Crippen molar-refractivity contribution in [3.63, 3.8) is 0 Å². The minimum absolute atomic E-state index is 0.00745. The van der Waals surface area contributed by atoms with Gasteiger partial charge >= 0.3 is 0 Å². The number of nitrogens with one attached hydrogen (secondary N) is 1. The molecule has 18 heavy (non-hydrogen) atoms. The van der Waals surface area contributed by atoms with Crippen LogP contribution in [-0.4, -0.2) is 21.7 Å². The van der Waals surface area contributed by atoms with E-state index in [0.29, 0.717) is 12.3 Å². The van der Waals surface area contributed by atoms with E-state index in [1.54, 1.807) is 10.9 Å². The maximum absolute atomic E-state index is 11.8. The molecule has 1 rings (SSSR count). The van der Waals surface area contributed by atoms with Gasteiger partial charge in [-0.15, -0.1) is 0 Å². The summed E-state index contributed by atoms with van der Waals surface area (Å²) in [6, 6.07) is -0.127. The summed E-state index contributed by atoms with van der Waals surface area (Å²) in [4.78, 5) is 11.8. The van der Waals surface area contributed by atoms with Crippen LogP contribution in [0, 0.1) is 12.8 Å². The van der Waals surface area contributed by atoms with Gasteiger partial charge in [0, 0.05) is 30.8 Å². The second-order valence-corrected chi connectivity index (χ2v) is 5.21. The number of aromatic nitrogens is 2. The van der Waals surface area contributed by atoms with Crippen molar-refractivity contribution in [2.75, 3.05) is 0 Å². The SMILES string of the molecule is Cc1c(C(C)NC(=O)CC(N)C(C)C)cnn1C. The Hall–Kier alpha value is -1.36. The Balaban J connectivity index is 2.57. The lowest BCUT2D eigenvalue weighted by atomic mass is 10.0. The van der Waals surface area contributed by atoms with Crippen molar-refractivity contribution < 1.29 is 4.79 Å². The monoisotopic (exact) mass is 252 g/mol. The zero-order valence-corrected chi connectivity index (χ0v) is 11.9. The van der Waals surface area contributed by atoms with Gasteiger partial charge in [-0.3, -0.25) is 9.48 Å². The summed E-state index contributed by atoms with van der Waals surface area (Å²) in [5.41, 5.74) is 8.00. The van der Waals surface area contributed by atoms with Crippen molar-refractivity contribution >= 4 is 5.91 Å². The molecular formula is C13H24N4O. The summed E-state index contributed by atoms with van der Waals surface area (Å²) >= 11 is 0. The predicted molar refractivity (Wildman–Crippen MR) is 71.9 cm³/mol. The lowest BCUT2D eigenvalue weighted by Crippen LogP contribution is -2.36. The fourth-order valence-electron chi connectivity index (χ4n) is 1.77. The number of hydrogen-bond acceptors (Lipinski definition) is 3. The standard InChI is InChI=1S/C13H24N4O/c1-8(2)12(14)6-13(18)16-9(3)11-7-15-17(5)10(11)4/h7-9,12H,6,14H2,1-5H3,(H,16,18). The first kappa shape index (κ1) is 14.7. The van der Waals surface area contributed by atoms with Crippen LogP contribution < -0.4 is 11.1 Å². The second kappa shape index (κ2) is 6.00. The molecule has 0 saturated heterocycles. The smallest absolute Gasteiger partial charge is 0.222 e. The summed E-state index contributed by atoms with van der Waals surface area (Å²) in [5, 5.41) is 7.14. The molecule has 0 aromatic carbocycles. The summed E-state index contributed by atoms with van der Waals surface area (Å²) in [6.07, 6.45) is 2.16. The normalized spacial score (nSPS) is 14.6. The molecule has 1 aromatic rings. The Bertz CT molecular complexity index is 411. The molecule has 0 aliphatic heterocycles. The van der Waals surface area contributed by atoms with Crippen LogP contribution in [0.25, 0.3) is 0 Å². The van der Waals surface area contributed by atoms with Gasteiger partial charge in [0.05, 0.1) is 12.2 Å². The van der Waals surface area contributed by atoms with Crippen LogP contribution >= 0.6 is 0 Å². The van der Waals surface area contributed by atoms with E-state index >= 15 is 0 Å². The van der Waals surface area contributed by atoms with Crippen LogP contribution in [0.5, 0.6) is 0 Å². The van der Waals surface area contributed by atoms with Crippen LogP contribution in [0.15, 0.2) is 6.20 Å². The molecule has 1 amide bonds. The number of carbonyl (C=O) groups is 1. The number of nitrogens with zero attached hydrogens (tertiary/aromatic N) is 2. The Labute approximate surface area is 109 Å². The van der Waals surface area contributed by atoms with Crippen LogP contribution in [0.3, 0.4) is 0 Å². The molecule has 3 N–H and O–H groups in total. The van der Waals surface area contributed by atoms with Gasteiger partial charge in [0.2, 0.25) is 5.91 Å². The molecule has 1 heterocycles. The molecule has 0 aliphatic carbocycles. The van der Waals surface area contributed by atoms with Crippen LogP contribution in [0.4, 0.5) is 0 Å². The van der Waals surface area contributed by atoms with Crippen molar-refractivity contribution in [1.29, 1.82) is 0 Å². The lowest BCUT2D eigenvalue weighted by molar-refractivity contribution is -0.122. The Morgan fingerprint density at radius 2 is 2.11 bits per heavy atom. The van der Waals surface area contributed by atoms with E-state index < -0.39 is 0 Å². The Kier molecular flexibility index (Phi) is 4.90. The van der Waals surface area contributed by atoms with E-state index in [2.05, 4.69) is 10.4 Å². The molecule has 0 saturated carbocycles. The van der Waals surface area contributed by atoms with Crippen molar-refractivity contribution in [2.24, 2.45) is 18.7 Å². The highest BCUT2D eigenvalue weighted by Gasteiger charge is 2.17. The van der Waals surface area contributed by atoms with Gasteiger partial charge in [0.1, 0.15) is 0 Å². The van der Waals surface area contributed by atoms with Gasteiger partial charge in [-0.2, -0.15) is 5.10 Å². The summed E-state index contributed by atoms with van der Waals surface area (Å²) in [6.45, 7) is 7.99. The fourth-order valence-corrected chi connectivity index (χ4v) is 1.77. The van der Waals surface area contributed by atoms with Gasteiger partial charge in [-0.1, -0.05) is 13.8 Å². The summed E-state index contributed by atoms with van der Waals surface area (Å²) < 4.78 is 1.80. The van der Waals surface area contributed by atoms with E-state index in [4.69, 9.17) is 5.73 Å². The third-order valence-corrected chi connectivity index (χ3v) is 3.39. The average Bonchev–Trinajstić information content (AvgIpc) is 2.59. The second-order valence-electron chi connectivity index (χ2n) is 5.21. The third kappa shape index (κ3) is 3.57. The lowest BCUT2D eigenvalue weighted by Gasteiger charge is -2.18. The number of carbonyl (C=O) groups excluding carboxylic acids is 1. The molecule has 0 spiro atoms. The predicted octanol–water partition coefficient (Wildman–Crippen LogP) is 1.28. The van der Waals surface area contributed by atoms with E-state index in [1.165, 1.54) is 0 Å². The Morgan fingerprint density at radius 1 is 1.50 bits per heavy atom. The van der Waals surface area contributed by atoms with Crippen LogP contribution in [-0.2, 0) is 11.8 Å². The van der Waals surface area contributed by atoms with E-state index in [1.807, 2.05) is 34.7 Å². The third-order valence-electron chi connectivity index (χ3n) is 3.39. The molecular weight excluding hydrogens is 228 g/mol. The van der Waals surface area contributed by atoms with Gasteiger partial charge in [-0.25, -0.2) is 0 Å².